The number of halogens is 1. The molecule has 0 unspecified atom stereocenters. The standard InChI is InChI=1S/C27H40BrNO3Si/c1-27(2,3)33(5,6)32-26(13-8-7-11-23(28)18-29)25-12-9-10-22(25)20-31-19-21-14-16-24(30-4)17-15-21/h7-8,11,14-17,22,25-26H,9-10,12-13,19-20H2,1-6H3/b8-7+,23-11+/t22-,25+,26-/m0/s1. The number of rotatable bonds is 11. The minimum absolute atomic E-state index is 0.164. The SMILES string of the molecule is COc1ccc(COC[C@@H]2CCC[C@H]2[C@H](C/C=C/C=C(/Br)C#N)O[Si](C)(C)C(C)(C)C)cc1. The van der Waals surface area contributed by atoms with E-state index in [4.69, 9.17) is 19.2 Å². The number of benzene rings is 1. The van der Waals surface area contributed by atoms with Gasteiger partial charge in [-0.2, -0.15) is 5.26 Å². The molecule has 1 saturated carbocycles. The lowest BCUT2D eigenvalue weighted by atomic mass is 9.89. The van der Waals surface area contributed by atoms with Crippen LogP contribution in [0.25, 0.3) is 0 Å². The fourth-order valence-electron chi connectivity index (χ4n) is 4.08. The van der Waals surface area contributed by atoms with Crippen molar-refractivity contribution in [3.63, 3.8) is 0 Å². The third kappa shape index (κ3) is 8.72. The molecule has 0 aromatic heterocycles. The van der Waals surface area contributed by atoms with Crippen LogP contribution in [0.4, 0.5) is 0 Å². The lowest BCUT2D eigenvalue weighted by Crippen LogP contribution is -2.46. The smallest absolute Gasteiger partial charge is 0.192 e. The van der Waals surface area contributed by atoms with Crippen LogP contribution in [0, 0.1) is 23.2 Å². The molecule has 0 radical (unpaired) electrons. The first-order chi connectivity index (χ1) is 15.6. The Hall–Kier alpha value is -1.39. The summed E-state index contributed by atoms with van der Waals surface area (Å²) in [5.41, 5.74) is 1.16. The van der Waals surface area contributed by atoms with E-state index in [1.807, 2.05) is 18.2 Å². The highest BCUT2D eigenvalue weighted by Crippen LogP contribution is 2.43. The van der Waals surface area contributed by atoms with Crippen molar-refractivity contribution in [2.45, 2.75) is 77.3 Å². The highest BCUT2D eigenvalue weighted by atomic mass is 79.9. The Morgan fingerprint density at radius 1 is 1.24 bits per heavy atom. The van der Waals surface area contributed by atoms with E-state index in [0.717, 1.165) is 24.3 Å². The topological polar surface area (TPSA) is 51.5 Å². The van der Waals surface area contributed by atoms with Gasteiger partial charge >= 0.3 is 0 Å². The third-order valence-corrected chi connectivity index (χ3v) is 12.0. The van der Waals surface area contributed by atoms with Crippen molar-refractivity contribution in [3.8, 4) is 11.8 Å². The van der Waals surface area contributed by atoms with Crippen LogP contribution < -0.4 is 4.74 Å². The van der Waals surface area contributed by atoms with E-state index in [1.165, 1.54) is 19.3 Å². The molecule has 182 valence electrons. The van der Waals surface area contributed by atoms with Gasteiger partial charge in [0, 0.05) is 0 Å². The summed E-state index contributed by atoms with van der Waals surface area (Å²) in [6.07, 6.45) is 10.5. The van der Waals surface area contributed by atoms with Gasteiger partial charge in [0.2, 0.25) is 0 Å². The number of methoxy groups -OCH3 is 1. The quantitative estimate of drug-likeness (QED) is 0.165. The molecule has 1 aromatic carbocycles. The predicted octanol–water partition coefficient (Wildman–Crippen LogP) is 7.77. The maximum atomic E-state index is 8.95. The van der Waals surface area contributed by atoms with Crippen LogP contribution >= 0.6 is 15.9 Å². The van der Waals surface area contributed by atoms with Crippen molar-refractivity contribution < 1.29 is 13.9 Å². The minimum Gasteiger partial charge on any atom is -0.497 e. The van der Waals surface area contributed by atoms with Gasteiger partial charge in [0.25, 0.3) is 0 Å². The second-order valence-corrected chi connectivity index (χ2v) is 16.0. The van der Waals surface area contributed by atoms with Crippen molar-refractivity contribution in [1.82, 2.24) is 0 Å². The Morgan fingerprint density at radius 3 is 2.55 bits per heavy atom. The molecule has 3 atom stereocenters. The Morgan fingerprint density at radius 2 is 1.94 bits per heavy atom. The predicted molar refractivity (Wildman–Crippen MR) is 142 cm³/mol. The molecular formula is C27H40BrNO3Si. The molecule has 0 bridgehead atoms. The molecule has 2 rings (SSSR count). The number of hydrogen-bond acceptors (Lipinski definition) is 4. The van der Waals surface area contributed by atoms with E-state index in [0.29, 0.717) is 22.9 Å². The number of hydrogen-bond donors (Lipinski definition) is 0. The summed E-state index contributed by atoms with van der Waals surface area (Å²) < 4.78 is 18.9. The lowest BCUT2D eigenvalue weighted by Gasteiger charge is -2.42. The van der Waals surface area contributed by atoms with Crippen LogP contribution in [0.15, 0.2) is 47.0 Å². The molecule has 33 heavy (non-hydrogen) atoms. The van der Waals surface area contributed by atoms with Crippen LogP contribution in [-0.4, -0.2) is 28.1 Å². The summed E-state index contributed by atoms with van der Waals surface area (Å²) in [5, 5.41) is 9.11. The molecule has 0 aliphatic heterocycles. The fraction of sp³-hybridized carbons (Fsp3) is 0.593. The molecule has 1 aliphatic rings. The average molecular weight is 535 g/mol. The van der Waals surface area contributed by atoms with Gasteiger partial charge in [0.05, 0.1) is 30.9 Å². The van der Waals surface area contributed by atoms with Crippen LogP contribution in [0.3, 0.4) is 0 Å². The first-order valence-electron chi connectivity index (χ1n) is 11.9. The first-order valence-corrected chi connectivity index (χ1v) is 15.6. The molecule has 0 N–H and O–H groups in total. The summed E-state index contributed by atoms with van der Waals surface area (Å²) in [4.78, 5) is 0. The highest BCUT2D eigenvalue weighted by molar-refractivity contribution is 9.12. The third-order valence-electron chi connectivity index (χ3n) is 7.06. The molecule has 0 spiro atoms. The van der Waals surface area contributed by atoms with Crippen LogP contribution in [0.1, 0.15) is 52.0 Å². The van der Waals surface area contributed by atoms with Gasteiger partial charge in [-0.25, -0.2) is 0 Å². The first kappa shape index (κ1) is 27.8. The number of nitrogens with zero attached hydrogens (tertiary/aromatic N) is 1. The van der Waals surface area contributed by atoms with Gasteiger partial charge in [-0.15, -0.1) is 0 Å². The van der Waals surface area contributed by atoms with Gasteiger partial charge in [0.1, 0.15) is 11.8 Å². The van der Waals surface area contributed by atoms with Crippen molar-refractivity contribution in [1.29, 1.82) is 5.26 Å². The van der Waals surface area contributed by atoms with Gasteiger partial charge in [-0.3, -0.25) is 0 Å². The number of nitriles is 1. The molecular weight excluding hydrogens is 494 g/mol. The monoisotopic (exact) mass is 533 g/mol. The van der Waals surface area contributed by atoms with E-state index in [-0.39, 0.29) is 11.1 Å². The van der Waals surface area contributed by atoms with E-state index >= 15 is 0 Å². The van der Waals surface area contributed by atoms with Crippen molar-refractivity contribution >= 4 is 24.2 Å². The van der Waals surface area contributed by atoms with Crippen molar-refractivity contribution in [2.75, 3.05) is 13.7 Å². The van der Waals surface area contributed by atoms with E-state index in [9.17, 15) is 0 Å². The van der Waals surface area contributed by atoms with Crippen LogP contribution in [0.2, 0.25) is 18.1 Å². The molecule has 0 saturated heterocycles. The molecule has 1 fully saturated rings. The maximum absolute atomic E-state index is 8.95. The normalized spacial score (nSPS) is 20.7. The Labute approximate surface area is 210 Å². The molecule has 6 heteroatoms. The summed E-state index contributed by atoms with van der Waals surface area (Å²) in [6, 6.07) is 10.2. The maximum Gasteiger partial charge on any atom is 0.192 e. The Balaban J connectivity index is 2.06. The van der Waals surface area contributed by atoms with Gasteiger partial charge in [-0.05, 0) is 88.9 Å². The summed E-state index contributed by atoms with van der Waals surface area (Å²) in [5.74, 6) is 1.86. The summed E-state index contributed by atoms with van der Waals surface area (Å²) >= 11 is 3.25. The zero-order valence-corrected chi connectivity index (χ0v) is 23.7. The van der Waals surface area contributed by atoms with Gasteiger partial charge in [-0.1, -0.05) is 51.5 Å². The zero-order valence-electron chi connectivity index (χ0n) is 21.1. The van der Waals surface area contributed by atoms with Crippen LogP contribution in [-0.2, 0) is 15.8 Å². The molecule has 0 amide bonds. The Bertz CT molecular complexity index is 836. The van der Waals surface area contributed by atoms with Gasteiger partial charge in [0.15, 0.2) is 8.32 Å². The highest BCUT2D eigenvalue weighted by Gasteiger charge is 2.42. The van der Waals surface area contributed by atoms with Crippen LogP contribution in [0.5, 0.6) is 5.75 Å². The minimum atomic E-state index is -1.91. The average Bonchev–Trinajstić information content (AvgIpc) is 3.23. The molecule has 4 nitrogen and oxygen atoms in total. The summed E-state index contributed by atoms with van der Waals surface area (Å²) in [6.45, 7) is 12.9. The second-order valence-electron chi connectivity index (χ2n) is 10.4. The number of allylic oxidation sites excluding steroid dienone is 3. The Kier molecular flexibility index (Phi) is 10.9. The zero-order chi connectivity index (χ0) is 24.5. The molecule has 0 heterocycles. The van der Waals surface area contributed by atoms with E-state index in [1.54, 1.807) is 13.2 Å². The molecule has 1 aromatic rings. The van der Waals surface area contributed by atoms with Gasteiger partial charge < -0.3 is 13.9 Å². The van der Waals surface area contributed by atoms with Crippen molar-refractivity contribution in [2.24, 2.45) is 11.8 Å². The van der Waals surface area contributed by atoms with E-state index in [2.05, 4.69) is 74.1 Å². The number of ether oxygens (including phenoxy) is 2. The molecule has 1 aliphatic carbocycles. The lowest BCUT2D eigenvalue weighted by molar-refractivity contribution is 0.0345. The van der Waals surface area contributed by atoms with Crippen molar-refractivity contribution in [3.05, 3.63) is 52.5 Å². The second kappa shape index (κ2) is 12.9. The summed E-state index contributed by atoms with van der Waals surface area (Å²) in [7, 11) is -0.228. The fourth-order valence-corrected chi connectivity index (χ4v) is 5.61. The van der Waals surface area contributed by atoms with E-state index < -0.39 is 8.32 Å². The largest absolute Gasteiger partial charge is 0.497 e.